The fourth-order valence-electron chi connectivity index (χ4n) is 3.09. The number of amides is 1. The quantitative estimate of drug-likeness (QED) is 0.944. The van der Waals surface area contributed by atoms with Gasteiger partial charge < -0.3 is 9.88 Å². The smallest absolute Gasteiger partial charge is 0.223 e. The van der Waals surface area contributed by atoms with Crippen molar-refractivity contribution in [1.29, 1.82) is 0 Å². The molecule has 0 spiro atoms. The summed E-state index contributed by atoms with van der Waals surface area (Å²) in [5, 5.41) is 3.00. The van der Waals surface area contributed by atoms with Crippen molar-refractivity contribution in [1.82, 2.24) is 14.9 Å². The van der Waals surface area contributed by atoms with Crippen molar-refractivity contribution in [2.75, 3.05) is 0 Å². The molecule has 1 N–H and O–H groups in total. The number of halogens is 1. The Morgan fingerprint density at radius 3 is 2.73 bits per heavy atom. The average molecular weight is 301 g/mol. The lowest BCUT2D eigenvalue weighted by Gasteiger charge is -2.21. The molecule has 4 nitrogen and oxygen atoms in total. The second kappa shape index (κ2) is 6.30. The number of nitrogens with one attached hydrogen (secondary N) is 1. The van der Waals surface area contributed by atoms with Crippen molar-refractivity contribution in [3.05, 3.63) is 53.9 Å². The molecule has 0 radical (unpaired) electrons. The maximum atomic E-state index is 14.2. The van der Waals surface area contributed by atoms with E-state index in [9.17, 15) is 9.18 Å². The largest absolute Gasteiger partial charge is 0.342 e. The van der Waals surface area contributed by atoms with Crippen LogP contribution in [-0.4, -0.2) is 15.5 Å². The Kier molecular flexibility index (Phi) is 4.22. The number of nitrogens with zero attached hydrogens (tertiary/aromatic N) is 2. The highest BCUT2D eigenvalue weighted by molar-refractivity contribution is 5.79. The normalized spacial score (nSPS) is 16.6. The minimum atomic E-state index is -0.561. The molecule has 0 unspecified atom stereocenters. The van der Waals surface area contributed by atoms with Gasteiger partial charge in [0.15, 0.2) is 0 Å². The highest BCUT2D eigenvalue weighted by atomic mass is 19.1. The number of imidazole rings is 1. The Balaban J connectivity index is 1.91. The number of benzene rings is 1. The van der Waals surface area contributed by atoms with Gasteiger partial charge in [0.05, 0.1) is 0 Å². The molecule has 1 fully saturated rings. The van der Waals surface area contributed by atoms with Crippen LogP contribution in [0.25, 0.3) is 0 Å². The van der Waals surface area contributed by atoms with Crippen molar-refractivity contribution in [2.45, 2.75) is 31.7 Å². The third-order valence-electron chi connectivity index (χ3n) is 4.35. The summed E-state index contributed by atoms with van der Waals surface area (Å²) in [5.74, 6) is 0.335. The Morgan fingerprint density at radius 2 is 2.09 bits per heavy atom. The minimum absolute atomic E-state index is 0.00578. The number of hydrogen-bond donors (Lipinski definition) is 1. The molecule has 1 heterocycles. The Morgan fingerprint density at radius 1 is 1.36 bits per heavy atom. The minimum Gasteiger partial charge on any atom is -0.342 e. The zero-order valence-electron chi connectivity index (χ0n) is 12.6. The molecule has 1 aromatic heterocycles. The molecule has 1 aliphatic rings. The molecule has 116 valence electrons. The van der Waals surface area contributed by atoms with Gasteiger partial charge in [-0.25, -0.2) is 9.37 Å². The fraction of sp³-hybridized carbons (Fsp3) is 0.412. The second-order valence-corrected chi connectivity index (χ2v) is 5.84. The van der Waals surface area contributed by atoms with Crippen molar-refractivity contribution < 1.29 is 9.18 Å². The monoisotopic (exact) mass is 301 g/mol. The summed E-state index contributed by atoms with van der Waals surface area (Å²) in [6, 6.07) is 5.97. The van der Waals surface area contributed by atoms with Crippen LogP contribution in [0.4, 0.5) is 4.39 Å². The second-order valence-electron chi connectivity index (χ2n) is 5.84. The van der Waals surface area contributed by atoms with E-state index in [1.165, 1.54) is 6.07 Å². The van der Waals surface area contributed by atoms with E-state index in [0.29, 0.717) is 11.4 Å². The first-order valence-corrected chi connectivity index (χ1v) is 7.69. The van der Waals surface area contributed by atoms with Gasteiger partial charge in [0.2, 0.25) is 5.91 Å². The molecule has 0 bridgehead atoms. The van der Waals surface area contributed by atoms with Crippen LogP contribution < -0.4 is 5.32 Å². The van der Waals surface area contributed by atoms with Gasteiger partial charge in [-0.1, -0.05) is 31.0 Å². The van der Waals surface area contributed by atoms with Gasteiger partial charge in [0, 0.05) is 30.9 Å². The van der Waals surface area contributed by atoms with Crippen molar-refractivity contribution in [3.63, 3.8) is 0 Å². The highest BCUT2D eigenvalue weighted by Gasteiger charge is 2.28. The number of hydrogen-bond acceptors (Lipinski definition) is 2. The molecular weight excluding hydrogens is 281 g/mol. The molecule has 2 aromatic rings. The van der Waals surface area contributed by atoms with E-state index in [1.54, 1.807) is 30.6 Å². The first-order chi connectivity index (χ1) is 10.7. The summed E-state index contributed by atoms with van der Waals surface area (Å²) in [7, 11) is 1.85. The van der Waals surface area contributed by atoms with Crippen molar-refractivity contribution in [2.24, 2.45) is 13.0 Å². The van der Waals surface area contributed by atoms with Gasteiger partial charge in [-0.3, -0.25) is 4.79 Å². The first kappa shape index (κ1) is 14.8. The fourth-order valence-corrected chi connectivity index (χ4v) is 3.09. The first-order valence-electron chi connectivity index (χ1n) is 7.69. The van der Waals surface area contributed by atoms with Crippen molar-refractivity contribution >= 4 is 5.91 Å². The SMILES string of the molecule is Cn1ccnc1[C@@H](NC(=O)C1CCCC1)c1ccccc1F. The van der Waals surface area contributed by atoms with E-state index >= 15 is 0 Å². The molecule has 5 heteroatoms. The van der Waals surface area contributed by atoms with Crippen LogP contribution in [0.2, 0.25) is 0 Å². The van der Waals surface area contributed by atoms with Crippen LogP contribution in [-0.2, 0) is 11.8 Å². The van der Waals surface area contributed by atoms with Crippen LogP contribution in [0.3, 0.4) is 0 Å². The number of carbonyl (C=O) groups excluding carboxylic acids is 1. The van der Waals surface area contributed by atoms with E-state index in [1.807, 2.05) is 11.6 Å². The van der Waals surface area contributed by atoms with Crippen LogP contribution in [0.5, 0.6) is 0 Å². The highest BCUT2D eigenvalue weighted by Crippen LogP contribution is 2.28. The third kappa shape index (κ3) is 2.89. The van der Waals surface area contributed by atoms with Crippen molar-refractivity contribution in [3.8, 4) is 0 Å². The molecule has 1 atom stereocenters. The van der Waals surface area contributed by atoms with Gasteiger partial charge >= 0.3 is 0 Å². The topological polar surface area (TPSA) is 46.9 Å². The van der Waals surface area contributed by atoms with E-state index in [2.05, 4.69) is 10.3 Å². The zero-order chi connectivity index (χ0) is 15.5. The maximum absolute atomic E-state index is 14.2. The van der Waals surface area contributed by atoms with Crippen LogP contribution >= 0.6 is 0 Å². The van der Waals surface area contributed by atoms with Gasteiger partial charge in [-0.15, -0.1) is 0 Å². The van der Waals surface area contributed by atoms with Gasteiger partial charge in [0.25, 0.3) is 0 Å². The van der Waals surface area contributed by atoms with Gasteiger partial charge in [-0.2, -0.15) is 0 Å². The van der Waals surface area contributed by atoms with Gasteiger partial charge in [-0.05, 0) is 18.9 Å². The molecule has 3 rings (SSSR count). The average Bonchev–Trinajstić information content (AvgIpc) is 3.17. The maximum Gasteiger partial charge on any atom is 0.223 e. The predicted octanol–water partition coefficient (Wildman–Crippen LogP) is 2.96. The standard InChI is InChI=1S/C17H20FN3O/c1-21-11-10-19-16(21)15(13-8-4-5-9-14(13)18)20-17(22)12-6-2-3-7-12/h4-5,8-12,15H,2-3,6-7H2,1H3,(H,20,22)/t15-/m0/s1. The predicted molar refractivity (Wildman–Crippen MR) is 81.6 cm³/mol. The lowest BCUT2D eigenvalue weighted by molar-refractivity contribution is -0.125. The number of carbonyl (C=O) groups is 1. The van der Waals surface area contributed by atoms with Crippen LogP contribution in [0, 0.1) is 11.7 Å². The van der Waals surface area contributed by atoms with E-state index in [4.69, 9.17) is 0 Å². The summed E-state index contributed by atoms with van der Waals surface area (Å²) >= 11 is 0. The Hall–Kier alpha value is -2.17. The third-order valence-corrected chi connectivity index (χ3v) is 4.35. The van der Waals surface area contributed by atoms with Crippen LogP contribution in [0.15, 0.2) is 36.7 Å². The molecular formula is C17H20FN3O. The van der Waals surface area contributed by atoms with E-state index in [0.717, 1.165) is 25.7 Å². The lowest BCUT2D eigenvalue weighted by atomic mass is 10.0. The summed E-state index contributed by atoms with van der Waals surface area (Å²) in [6.07, 6.45) is 7.46. The summed E-state index contributed by atoms with van der Waals surface area (Å²) < 4.78 is 16.0. The van der Waals surface area contributed by atoms with Crippen LogP contribution in [0.1, 0.15) is 43.1 Å². The molecule has 0 saturated heterocycles. The van der Waals surface area contributed by atoms with E-state index < -0.39 is 6.04 Å². The number of aryl methyl sites for hydroxylation is 1. The molecule has 1 aliphatic carbocycles. The summed E-state index contributed by atoms with van der Waals surface area (Å²) in [4.78, 5) is 16.8. The molecule has 1 aromatic carbocycles. The molecule has 22 heavy (non-hydrogen) atoms. The lowest BCUT2D eigenvalue weighted by Crippen LogP contribution is -2.35. The Labute approximate surface area is 129 Å². The van der Waals surface area contributed by atoms with E-state index in [-0.39, 0.29) is 17.6 Å². The molecule has 1 saturated carbocycles. The zero-order valence-corrected chi connectivity index (χ0v) is 12.6. The molecule has 1 amide bonds. The van der Waals surface area contributed by atoms with Gasteiger partial charge in [0.1, 0.15) is 17.7 Å². The summed E-state index contributed by atoms with van der Waals surface area (Å²) in [6.45, 7) is 0. The number of aromatic nitrogens is 2. The number of rotatable bonds is 4. The summed E-state index contributed by atoms with van der Waals surface area (Å²) in [5.41, 5.74) is 0.447. The Bertz CT molecular complexity index is 661. The molecule has 0 aliphatic heterocycles.